The number of pyridine rings is 1. The summed E-state index contributed by atoms with van der Waals surface area (Å²) in [4.78, 5) is 26.3. The molecule has 0 radical (unpaired) electrons. The van der Waals surface area contributed by atoms with Crippen molar-refractivity contribution in [1.29, 1.82) is 0 Å². The molecule has 2 aromatic carbocycles. The highest BCUT2D eigenvalue weighted by molar-refractivity contribution is 5.89. The fraction of sp³-hybridized carbons (Fsp3) is 0.158. The van der Waals surface area contributed by atoms with E-state index in [2.05, 4.69) is 5.32 Å². The van der Waals surface area contributed by atoms with Crippen molar-refractivity contribution in [1.82, 2.24) is 9.47 Å². The molecule has 0 bridgehead atoms. The highest BCUT2D eigenvalue weighted by Gasteiger charge is 2.13. The molecular weight excluding hydrogens is 302 g/mol. The first-order valence-corrected chi connectivity index (χ1v) is 7.71. The Morgan fingerprint density at radius 1 is 1.08 bits per heavy atom. The van der Waals surface area contributed by atoms with E-state index in [1.165, 1.54) is 4.90 Å². The number of aryl methyl sites for hydroxylation is 1. The van der Waals surface area contributed by atoms with E-state index in [1.54, 1.807) is 18.7 Å². The Morgan fingerprint density at radius 3 is 2.50 bits per heavy atom. The normalized spacial score (nSPS) is 10.6. The summed E-state index contributed by atoms with van der Waals surface area (Å²) in [6.45, 7) is 0.246. The largest absolute Gasteiger partial charge is 0.323 e. The van der Waals surface area contributed by atoms with Crippen LogP contribution in [0.5, 0.6) is 0 Å². The number of nitrogens with one attached hydrogen (secondary N) is 1. The van der Waals surface area contributed by atoms with Crippen LogP contribution in [0.25, 0.3) is 10.9 Å². The number of hydrogen-bond acceptors (Lipinski definition) is 2. The van der Waals surface area contributed by atoms with Crippen LogP contribution in [-0.4, -0.2) is 22.5 Å². The van der Waals surface area contributed by atoms with Crippen LogP contribution in [0.4, 0.5) is 10.5 Å². The summed E-state index contributed by atoms with van der Waals surface area (Å²) in [6, 6.07) is 18.5. The number of hydrogen-bond donors (Lipinski definition) is 1. The van der Waals surface area contributed by atoms with Gasteiger partial charge in [-0.25, -0.2) is 4.79 Å². The SMILES string of the molecule is CN(Cc1cc2ccccc2n(C)c1=O)C(=O)Nc1ccccc1. The van der Waals surface area contributed by atoms with Crippen molar-refractivity contribution in [2.24, 2.45) is 7.05 Å². The minimum atomic E-state index is -0.253. The molecule has 5 nitrogen and oxygen atoms in total. The van der Waals surface area contributed by atoms with Gasteiger partial charge in [0, 0.05) is 25.3 Å². The van der Waals surface area contributed by atoms with Crippen molar-refractivity contribution in [2.45, 2.75) is 6.54 Å². The van der Waals surface area contributed by atoms with E-state index in [1.807, 2.05) is 60.7 Å². The zero-order valence-corrected chi connectivity index (χ0v) is 13.7. The Morgan fingerprint density at radius 2 is 1.75 bits per heavy atom. The molecule has 0 saturated heterocycles. The average molecular weight is 321 g/mol. The van der Waals surface area contributed by atoms with E-state index < -0.39 is 0 Å². The summed E-state index contributed by atoms with van der Waals surface area (Å²) in [6.07, 6.45) is 0. The number of carbonyl (C=O) groups is 1. The molecule has 122 valence electrons. The molecule has 0 atom stereocenters. The van der Waals surface area contributed by atoms with Crippen molar-refractivity contribution in [3.8, 4) is 0 Å². The van der Waals surface area contributed by atoms with Crippen LogP contribution in [0.2, 0.25) is 0 Å². The molecule has 24 heavy (non-hydrogen) atoms. The summed E-state index contributed by atoms with van der Waals surface area (Å²) in [5.74, 6) is 0. The van der Waals surface area contributed by atoms with Crippen molar-refractivity contribution in [3.63, 3.8) is 0 Å². The average Bonchev–Trinajstić information content (AvgIpc) is 2.60. The standard InChI is InChI=1S/C19H19N3O2/c1-21(19(24)20-16-9-4-3-5-10-16)13-15-12-14-8-6-7-11-17(14)22(2)18(15)23/h3-12H,13H2,1-2H3,(H,20,24). The first kappa shape index (κ1) is 15.8. The number of fused-ring (bicyclic) bond motifs is 1. The third-order valence-corrected chi connectivity index (χ3v) is 3.99. The molecule has 0 spiro atoms. The van der Waals surface area contributed by atoms with E-state index >= 15 is 0 Å². The van der Waals surface area contributed by atoms with Gasteiger partial charge in [-0.3, -0.25) is 4.79 Å². The van der Waals surface area contributed by atoms with Crippen molar-refractivity contribution in [2.75, 3.05) is 12.4 Å². The van der Waals surface area contributed by atoms with Crippen LogP contribution in [0.1, 0.15) is 5.56 Å². The second-order valence-corrected chi connectivity index (χ2v) is 5.74. The van der Waals surface area contributed by atoms with Crippen molar-refractivity contribution < 1.29 is 4.79 Å². The van der Waals surface area contributed by atoms with Gasteiger partial charge in [0.15, 0.2) is 0 Å². The van der Waals surface area contributed by atoms with Gasteiger partial charge in [-0.15, -0.1) is 0 Å². The lowest BCUT2D eigenvalue weighted by molar-refractivity contribution is 0.220. The minimum absolute atomic E-state index is 0.0898. The molecular formula is C19H19N3O2. The number of urea groups is 1. The van der Waals surface area contributed by atoms with Crippen LogP contribution in [0.15, 0.2) is 65.5 Å². The van der Waals surface area contributed by atoms with Gasteiger partial charge < -0.3 is 14.8 Å². The molecule has 1 aromatic heterocycles. The number of rotatable bonds is 3. The van der Waals surface area contributed by atoms with E-state index in [0.717, 1.165) is 16.6 Å². The number of anilines is 1. The molecule has 3 aromatic rings. The molecule has 1 heterocycles. The van der Waals surface area contributed by atoms with E-state index in [-0.39, 0.29) is 18.1 Å². The van der Waals surface area contributed by atoms with E-state index in [4.69, 9.17) is 0 Å². The number of nitrogens with zero attached hydrogens (tertiary/aromatic N) is 2. The van der Waals surface area contributed by atoms with Gasteiger partial charge in [-0.1, -0.05) is 36.4 Å². The van der Waals surface area contributed by atoms with Gasteiger partial charge in [-0.2, -0.15) is 0 Å². The molecule has 5 heteroatoms. The zero-order chi connectivity index (χ0) is 17.1. The number of para-hydroxylation sites is 2. The predicted molar refractivity (Wildman–Crippen MR) is 96.1 cm³/mol. The molecule has 0 fully saturated rings. The molecule has 0 unspecified atom stereocenters. The molecule has 0 aliphatic heterocycles. The maximum absolute atomic E-state index is 12.5. The first-order valence-electron chi connectivity index (χ1n) is 7.71. The Hall–Kier alpha value is -3.08. The Balaban J connectivity index is 1.83. The van der Waals surface area contributed by atoms with Crippen LogP contribution in [0, 0.1) is 0 Å². The van der Waals surface area contributed by atoms with Crippen LogP contribution >= 0.6 is 0 Å². The van der Waals surface area contributed by atoms with Gasteiger partial charge in [0.1, 0.15) is 0 Å². The van der Waals surface area contributed by atoms with Gasteiger partial charge in [0.05, 0.1) is 12.1 Å². The molecule has 0 aliphatic rings. The van der Waals surface area contributed by atoms with Crippen molar-refractivity contribution >= 4 is 22.6 Å². The van der Waals surface area contributed by atoms with Gasteiger partial charge >= 0.3 is 6.03 Å². The maximum Gasteiger partial charge on any atom is 0.321 e. The second kappa shape index (κ2) is 6.58. The zero-order valence-electron chi connectivity index (χ0n) is 13.7. The number of benzene rings is 2. The lowest BCUT2D eigenvalue weighted by Crippen LogP contribution is -2.34. The quantitative estimate of drug-likeness (QED) is 0.805. The summed E-state index contributed by atoms with van der Waals surface area (Å²) in [5.41, 5.74) is 2.10. The molecule has 0 aliphatic carbocycles. The van der Waals surface area contributed by atoms with Crippen LogP contribution in [0.3, 0.4) is 0 Å². The Labute approximate surface area is 140 Å². The summed E-state index contributed by atoms with van der Waals surface area (Å²) < 4.78 is 1.62. The molecule has 1 N–H and O–H groups in total. The fourth-order valence-corrected chi connectivity index (χ4v) is 2.67. The number of amides is 2. The summed E-state index contributed by atoms with van der Waals surface area (Å²) >= 11 is 0. The lowest BCUT2D eigenvalue weighted by Gasteiger charge is -2.18. The fourth-order valence-electron chi connectivity index (χ4n) is 2.67. The Kier molecular flexibility index (Phi) is 4.33. The van der Waals surface area contributed by atoms with Crippen LogP contribution in [-0.2, 0) is 13.6 Å². The second-order valence-electron chi connectivity index (χ2n) is 5.74. The highest BCUT2D eigenvalue weighted by atomic mass is 16.2. The topological polar surface area (TPSA) is 54.3 Å². The summed E-state index contributed by atoms with van der Waals surface area (Å²) in [5, 5.41) is 3.79. The van der Waals surface area contributed by atoms with Gasteiger partial charge in [0.2, 0.25) is 0 Å². The molecule has 3 rings (SSSR count). The Bertz CT molecular complexity index is 932. The van der Waals surface area contributed by atoms with Crippen molar-refractivity contribution in [3.05, 3.63) is 76.6 Å². The van der Waals surface area contributed by atoms with E-state index in [0.29, 0.717) is 5.56 Å². The summed E-state index contributed by atoms with van der Waals surface area (Å²) in [7, 11) is 3.42. The van der Waals surface area contributed by atoms with Crippen LogP contribution < -0.4 is 10.9 Å². The molecule has 0 saturated carbocycles. The number of aromatic nitrogens is 1. The lowest BCUT2D eigenvalue weighted by atomic mass is 10.1. The minimum Gasteiger partial charge on any atom is -0.323 e. The van der Waals surface area contributed by atoms with E-state index in [9.17, 15) is 9.59 Å². The third-order valence-electron chi connectivity index (χ3n) is 3.99. The number of carbonyl (C=O) groups excluding carboxylic acids is 1. The monoisotopic (exact) mass is 321 g/mol. The molecule has 2 amide bonds. The van der Waals surface area contributed by atoms with Gasteiger partial charge in [0.25, 0.3) is 5.56 Å². The maximum atomic E-state index is 12.5. The van der Waals surface area contributed by atoms with Gasteiger partial charge in [-0.05, 0) is 29.7 Å². The third kappa shape index (κ3) is 3.15. The highest BCUT2D eigenvalue weighted by Crippen LogP contribution is 2.14. The smallest absolute Gasteiger partial charge is 0.321 e. The first-order chi connectivity index (χ1) is 11.6. The predicted octanol–water partition coefficient (Wildman–Crippen LogP) is 3.20.